The van der Waals surface area contributed by atoms with E-state index in [1.54, 1.807) is 0 Å². The molecule has 2 heteroatoms. The van der Waals surface area contributed by atoms with Crippen molar-refractivity contribution in [2.45, 2.75) is 20.3 Å². The second-order valence-corrected chi connectivity index (χ2v) is 2.95. The molecule has 0 saturated carbocycles. The molecule has 0 spiro atoms. The van der Waals surface area contributed by atoms with Crippen LogP contribution in [0.2, 0.25) is 0 Å². The topological polar surface area (TPSA) is 43.1 Å². The zero-order chi connectivity index (χ0) is 9.14. The Morgan fingerprint density at radius 3 is 2.67 bits per heavy atom. The summed E-state index contributed by atoms with van der Waals surface area (Å²) >= 11 is 0. The van der Waals surface area contributed by atoms with E-state index < -0.39 is 0 Å². The number of benzene rings is 1. The van der Waals surface area contributed by atoms with E-state index in [0.29, 0.717) is 6.42 Å². The molecule has 12 heavy (non-hydrogen) atoms. The van der Waals surface area contributed by atoms with E-state index in [-0.39, 0.29) is 0 Å². The summed E-state index contributed by atoms with van der Waals surface area (Å²) in [5.41, 5.74) is 9.73. The molecule has 0 radical (unpaired) electrons. The second-order valence-electron chi connectivity index (χ2n) is 2.95. The zero-order valence-electron chi connectivity index (χ0n) is 7.42. The predicted octanol–water partition coefficient (Wildman–Crippen LogP) is 1.63. The van der Waals surface area contributed by atoms with Crippen LogP contribution in [0.3, 0.4) is 0 Å². The van der Waals surface area contributed by atoms with Gasteiger partial charge in [-0.2, -0.15) is 0 Å². The summed E-state index contributed by atoms with van der Waals surface area (Å²) in [5.74, 6) is 0. The largest absolute Gasteiger partial charge is 0.398 e. The maximum atomic E-state index is 10.3. The highest BCUT2D eigenvalue weighted by Crippen LogP contribution is 2.20. The van der Waals surface area contributed by atoms with Crippen LogP contribution in [0.4, 0.5) is 5.69 Å². The van der Waals surface area contributed by atoms with Gasteiger partial charge in [0, 0.05) is 12.1 Å². The molecule has 0 aliphatic heterocycles. The van der Waals surface area contributed by atoms with Crippen LogP contribution >= 0.6 is 0 Å². The number of rotatable bonds is 2. The van der Waals surface area contributed by atoms with Crippen LogP contribution in [-0.4, -0.2) is 6.29 Å². The molecule has 0 aliphatic carbocycles. The van der Waals surface area contributed by atoms with Crippen LogP contribution in [0.5, 0.6) is 0 Å². The van der Waals surface area contributed by atoms with Gasteiger partial charge in [0.1, 0.15) is 6.29 Å². The van der Waals surface area contributed by atoms with Crippen molar-refractivity contribution in [3.8, 4) is 0 Å². The number of carbonyl (C=O) groups is 1. The van der Waals surface area contributed by atoms with E-state index >= 15 is 0 Å². The van der Waals surface area contributed by atoms with Crippen molar-refractivity contribution in [1.29, 1.82) is 0 Å². The van der Waals surface area contributed by atoms with Crippen LogP contribution in [0.15, 0.2) is 12.1 Å². The van der Waals surface area contributed by atoms with Gasteiger partial charge in [0.2, 0.25) is 0 Å². The highest BCUT2D eigenvalue weighted by atomic mass is 16.1. The fourth-order valence-corrected chi connectivity index (χ4v) is 1.16. The van der Waals surface area contributed by atoms with Gasteiger partial charge in [-0.1, -0.05) is 12.1 Å². The van der Waals surface area contributed by atoms with E-state index in [2.05, 4.69) is 0 Å². The molecule has 64 valence electrons. The van der Waals surface area contributed by atoms with E-state index in [9.17, 15) is 4.79 Å². The summed E-state index contributed by atoms with van der Waals surface area (Å²) in [6.07, 6.45) is 1.29. The molecule has 1 aromatic carbocycles. The number of nitrogens with two attached hydrogens (primary N) is 1. The highest BCUT2D eigenvalue weighted by molar-refractivity contribution is 5.64. The summed E-state index contributed by atoms with van der Waals surface area (Å²) in [4.78, 5) is 10.3. The SMILES string of the molecule is Cc1ccc(CC=O)c(N)c1C. The number of anilines is 1. The average Bonchev–Trinajstić information content (AvgIpc) is 2.07. The van der Waals surface area contributed by atoms with Crippen molar-refractivity contribution in [3.63, 3.8) is 0 Å². The van der Waals surface area contributed by atoms with Gasteiger partial charge in [0.25, 0.3) is 0 Å². The number of nitrogen functional groups attached to an aromatic ring is 1. The average molecular weight is 163 g/mol. The number of aldehydes is 1. The molecular formula is C10H13NO. The third-order valence-corrected chi connectivity index (χ3v) is 2.18. The van der Waals surface area contributed by atoms with Crippen molar-refractivity contribution >= 4 is 12.0 Å². The predicted molar refractivity (Wildman–Crippen MR) is 50.1 cm³/mol. The van der Waals surface area contributed by atoms with Gasteiger partial charge in [0.05, 0.1) is 0 Å². The van der Waals surface area contributed by atoms with Crippen LogP contribution in [0.25, 0.3) is 0 Å². The Hall–Kier alpha value is -1.31. The molecule has 2 N–H and O–H groups in total. The van der Waals surface area contributed by atoms with Crippen molar-refractivity contribution in [2.75, 3.05) is 5.73 Å². The summed E-state index contributed by atoms with van der Waals surface area (Å²) < 4.78 is 0. The van der Waals surface area contributed by atoms with Crippen LogP contribution in [0.1, 0.15) is 16.7 Å². The highest BCUT2D eigenvalue weighted by Gasteiger charge is 2.02. The van der Waals surface area contributed by atoms with Crippen molar-refractivity contribution in [3.05, 3.63) is 28.8 Å². The minimum Gasteiger partial charge on any atom is -0.398 e. The Bertz CT molecular complexity index is 305. The lowest BCUT2D eigenvalue weighted by Gasteiger charge is -2.07. The Kier molecular flexibility index (Phi) is 2.48. The number of hydrogen-bond acceptors (Lipinski definition) is 2. The smallest absolute Gasteiger partial charge is 0.124 e. The van der Waals surface area contributed by atoms with E-state index in [1.165, 1.54) is 5.56 Å². The molecule has 1 rings (SSSR count). The molecule has 0 fully saturated rings. The summed E-state index contributed by atoms with van der Waals surface area (Å²) in [6, 6.07) is 3.90. The van der Waals surface area contributed by atoms with Gasteiger partial charge in [-0.05, 0) is 30.5 Å². The quantitative estimate of drug-likeness (QED) is 0.532. The standard InChI is InChI=1S/C10H13NO/c1-7-3-4-9(5-6-12)10(11)8(7)2/h3-4,6H,5,11H2,1-2H3. The van der Waals surface area contributed by atoms with Gasteiger partial charge in [-0.15, -0.1) is 0 Å². The first kappa shape index (κ1) is 8.78. The maximum Gasteiger partial charge on any atom is 0.124 e. The Morgan fingerprint density at radius 2 is 2.08 bits per heavy atom. The molecular weight excluding hydrogens is 150 g/mol. The van der Waals surface area contributed by atoms with Crippen molar-refractivity contribution in [1.82, 2.24) is 0 Å². The first-order valence-corrected chi connectivity index (χ1v) is 3.95. The third-order valence-electron chi connectivity index (χ3n) is 2.18. The molecule has 0 aliphatic rings. The molecule has 1 aromatic rings. The van der Waals surface area contributed by atoms with Gasteiger partial charge < -0.3 is 10.5 Å². The zero-order valence-corrected chi connectivity index (χ0v) is 7.42. The fraction of sp³-hybridized carbons (Fsp3) is 0.300. The Balaban J connectivity index is 3.16. The Morgan fingerprint density at radius 1 is 1.42 bits per heavy atom. The monoisotopic (exact) mass is 163 g/mol. The van der Waals surface area contributed by atoms with Crippen LogP contribution in [-0.2, 0) is 11.2 Å². The minimum atomic E-state index is 0.410. The molecule has 0 atom stereocenters. The lowest BCUT2D eigenvalue weighted by molar-refractivity contribution is -0.107. The Labute approximate surface area is 72.4 Å². The van der Waals surface area contributed by atoms with Gasteiger partial charge in [-0.3, -0.25) is 0 Å². The van der Waals surface area contributed by atoms with Crippen molar-refractivity contribution in [2.24, 2.45) is 0 Å². The summed E-state index contributed by atoms with van der Waals surface area (Å²) in [6.45, 7) is 3.98. The number of hydrogen-bond donors (Lipinski definition) is 1. The number of carbonyl (C=O) groups excluding carboxylic acids is 1. The minimum absolute atomic E-state index is 0.410. The number of aryl methyl sites for hydroxylation is 1. The van der Waals surface area contributed by atoms with Crippen LogP contribution in [0, 0.1) is 13.8 Å². The van der Waals surface area contributed by atoms with Crippen molar-refractivity contribution < 1.29 is 4.79 Å². The van der Waals surface area contributed by atoms with E-state index in [0.717, 1.165) is 23.1 Å². The third kappa shape index (κ3) is 1.47. The molecule has 0 amide bonds. The first-order valence-electron chi connectivity index (χ1n) is 3.95. The fourth-order valence-electron chi connectivity index (χ4n) is 1.16. The lowest BCUT2D eigenvalue weighted by atomic mass is 10.0. The van der Waals surface area contributed by atoms with Gasteiger partial charge in [0.15, 0.2) is 0 Å². The first-order chi connectivity index (χ1) is 5.66. The molecule has 0 aromatic heterocycles. The van der Waals surface area contributed by atoms with Crippen LogP contribution < -0.4 is 5.73 Å². The molecule has 0 saturated heterocycles. The second kappa shape index (κ2) is 3.39. The molecule has 0 bridgehead atoms. The van der Waals surface area contributed by atoms with E-state index in [4.69, 9.17) is 5.73 Å². The van der Waals surface area contributed by atoms with Gasteiger partial charge >= 0.3 is 0 Å². The summed E-state index contributed by atoms with van der Waals surface area (Å²) in [5, 5.41) is 0. The summed E-state index contributed by atoms with van der Waals surface area (Å²) in [7, 11) is 0. The molecule has 2 nitrogen and oxygen atoms in total. The lowest BCUT2D eigenvalue weighted by Crippen LogP contribution is -1.99. The van der Waals surface area contributed by atoms with Gasteiger partial charge in [-0.25, -0.2) is 0 Å². The van der Waals surface area contributed by atoms with E-state index in [1.807, 2.05) is 26.0 Å². The molecule has 0 unspecified atom stereocenters. The maximum absolute atomic E-state index is 10.3. The molecule has 0 heterocycles. The normalized spacial score (nSPS) is 9.83.